The Morgan fingerprint density at radius 1 is 1.41 bits per heavy atom. The lowest BCUT2D eigenvalue weighted by molar-refractivity contribution is 0.0646. The highest BCUT2D eigenvalue weighted by Crippen LogP contribution is 2.40. The molecule has 3 N–H and O–H groups in total. The van der Waals surface area contributed by atoms with Crippen LogP contribution in [-0.2, 0) is 0 Å². The van der Waals surface area contributed by atoms with Crippen molar-refractivity contribution in [2.45, 2.75) is 51.8 Å². The molecule has 1 aliphatic rings. The molecule has 17 heavy (non-hydrogen) atoms. The highest BCUT2D eigenvalue weighted by molar-refractivity contribution is 5.50. The largest absolute Gasteiger partial charge is 0.487 e. The molecule has 0 amide bonds. The number of anilines is 1. The molecular weight excluding hydrogens is 212 g/mol. The normalized spacial score (nSPS) is 22.1. The van der Waals surface area contributed by atoms with Crippen LogP contribution in [0.25, 0.3) is 0 Å². The number of ether oxygens (including phenoxy) is 1. The van der Waals surface area contributed by atoms with Crippen LogP contribution in [0.3, 0.4) is 0 Å². The Balaban J connectivity index is 2.37. The van der Waals surface area contributed by atoms with Gasteiger partial charge in [0.2, 0.25) is 0 Å². The molecule has 0 saturated carbocycles. The van der Waals surface area contributed by atoms with Crippen LogP contribution in [0.1, 0.15) is 45.7 Å². The Morgan fingerprint density at radius 3 is 2.76 bits per heavy atom. The number of hydrogen-bond acceptors (Lipinski definition) is 3. The van der Waals surface area contributed by atoms with E-state index in [-0.39, 0.29) is 5.60 Å². The van der Waals surface area contributed by atoms with Crippen molar-refractivity contribution in [3.63, 3.8) is 0 Å². The van der Waals surface area contributed by atoms with Crippen molar-refractivity contribution in [1.82, 2.24) is 5.32 Å². The van der Waals surface area contributed by atoms with Crippen LogP contribution in [-0.4, -0.2) is 11.6 Å². The van der Waals surface area contributed by atoms with Gasteiger partial charge in [0, 0.05) is 29.8 Å². The van der Waals surface area contributed by atoms with Crippen molar-refractivity contribution in [1.29, 1.82) is 0 Å². The van der Waals surface area contributed by atoms with Gasteiger partial charge < -0.3 is 15.8 Å². The van der Waals surface area contributed by atoms with E-state index in [1.807, 2.05) is 18.2 Å². The number of nitrogens with two attached hydrogens (primary N) is 1. The minimum Gasteiger partial charge on any atom is -0.487 e. The fourth-order valence-corrected chi connectivity index (χ4v) is 2.42. The summed E-state index contributed by atoms with van der Waals surface area (Å²) in [4.78, 5) is 0. The van der Waals surface area contributed by atoms with E-state index in [9.17, 15) is 0 Å². The summed E-state index contributed by atoms with van der Waals surface area (Å²) < 4.78 is 5.99. The summed E-state index contributed by atoms with van der Waals surface area (Å²) in [5.41, 5.74) is 7.70. The highest BCUT2D eigenvalue weighted by Gasteiger charge is 2.33. The van der Waals surface area contributed by atoms with Crippen molar-refractivity contribution in [3.8, 4) is 5.75 Å². The summed E-state index contributed by atoms with van der Waals surface area (Å²) in [7, 11) is 0. The van der Waals surface area contributed by atoms with Crippen LogP contribution in [0.15, 0.2) is 18.2 Å². The molecule has 0 aromatic heterocycles. The summed E-state index contributed by atoms with van der Waals surface area (Å²) in [5.74, 6) is 0.952. The first-order chi connectivity index (χ1) is 7.87. The predicted octanol–water partition coefficient (Wildman–Crippen LogP) is 2.87. The zero-order valence-corrected chi connectivity index (χ0v) is 11.1. The van der Waals surface area contributed by atoms with Gasteiger partial charge >= 0.3 is 0 Å². The van der Waals surface area contributed by atoms with Crippen molar-refractivity contribution in [2.75, 3.05) is 5.73 Å². The number of nitrogen functional groups attached to an aromatic ring is 1. The molecule has 0 fully saturated rings. The maximum atomic E-state index is 5.99. The van der Waals surface area contributed by atoms with Crippen molar-refractivity contribution in [3.05, 3.63) is 23.8 Å². The second-order valence-corrected chi connectivity index (χ2v) is 5.74. The molecule has 3 heteroatoms. The molecule has 0 saturated heterocycles. The second kappa shape index (κ2) is 4.22. The van der Waals surface area contributed by atoms with Gasteiger partial charge in [-0.15, -0.1) is 0 Å². The topological polar surface area (TPSA) is 47.3 Å². The second-order valence-electron chi connectivity index (χ2n) is 5.74. The van der Waals surface area contributed by atoms with Gasteiger partial charge in [0.25, 0.3) is 0 Å². The zero-order chi connectivity index (χ0) is 12.6. The smallest absolute Gasteiger partial charge is 0.125 e. The van der Waals surface area contributed by atoms with Gasteiger partial charge in [0.05, 0.1) is 0 Å². The fraction of sp³-hybridized carbons (Fsp3) is 0.571. The van der Waals surface area contributed by atoms with Gasteiger partial charge in [-0.25, -0.2) is 0 Å². The number of benzene rings is 1. The van der Waals surface area contributed by atoms with Crippen LogP contribution >= 0.6 is 0 Å². The van der Waals surface area contributed by atoms with Gasteiger partial charge in [0.1, 0.15) is 11.4 Å². The highest BCUT2D eigenvalue weighted by atomic mass is 16.5. The maximum absolute atomic E-state index is 5.99. The minimum atomic E-state index is -0.129. The molecule has 2 rings (SSSR count). The number of nitrogens with one attached hydrogen (secondary N) is 1. The Kier molecular flexibility index (Phi) is 3.04. The molecule has 0 bridgehead atoms. The molecule has 1 unspecified atom stereocenters. The van der Waals surface area contributed by atoms with E-state index < -0.39 is 0 Å². The van der Waals surface area contributed by atoms with Crippen LogP contribution in [0, 0.1) is 0 Å². The van der Waals surface area contributed by atoms with E-state index >= 15 is 0 Å². The van der Waals surface area contributed by atoms with Crippen LogP contribution in [0.4, 0.5) is 5.69 Å². The van der Waals surface area contributed by atoms with Gasteiger partial charge in [0.15, 0.2) is 0 Å². The summed E-state index contributed by atoms with van der Waals surface area (Å²) in [5, 5.41) is 3.59. The van der Waals surface area contributed by atoms with Crippen LogP contribution in [0.5, 0.6) is 5.75 Å². The fourth-order valence-electron chi connectivity index (χ4n) is 2.42. The predicted molar refractivity (Wildman–Crippen MR) is 71.2 cm³/mol. The molecule has 94 valence electrons. The molecule has 1 aromatic carbocycles. The van der Waals surface area contributed by atoms with E-state index in [2.05, 4.69) is 33.0 Å². The summed E-state index contributed by atoms with van der Waals surface area (Å²) in [6, 6.07) is 6.65. The first kappa shape index (κ1) is 12.2. The molecule has 1 aromatic rings. The standard InChI is InChI=1S/C14H22N2O/c1-9(2)16-12-8-14(3,4)17-13-6-5-10(15)7-11(12)13/h5-7,9,12,16H,8,15H2,1-4H3. The van der Waals surface area contributed by atoms with Gasteiger partial charge in [-0.05, 0) is 32.0 Å². The summed E-state index contributed by atoms with van der Waals surface area (Å²) >= 11 is 0. The van der Waals surface area contributed by atoms with Gasteiger partial charge in [-0.3, -0.25) is 0 Å². The van der Waals surface area contributed by atoms with Gasteiger partial charge in [-0.1, -0.05) is 13.8 Å². The van der Waals surface area contributed by atoms with Gasteiger partial charge in [-0.2, -0.15) is 0 Å². The molecular formula is C14H22N2O. The third-order valence-corrected chi connectivity index (χ3v) is 3.03. The Hall–Kier alpha value is -1.22. The lowest BCUT2D eigenvalue weighted by Crippen LogP contribution is -2.41. The molecule has 0 radical (unpaired) electrons. The average molecular weight is 234 g/mol. The zero-order valence-electron chi connectivity index (χ0n) is 11.1. The Morgan fingerprint density at radius 2 is 2.12 bits per heavy atom. The van der Waals surface area contributed by atoms with E-state index in [0.29, 0.717) is 12.1 Å². The summed E-state index contributed by atoms with van der Waals surface area (Å²) in [6.07, 6.45) is 0.960. The van der Waals surface area contributed by atoms with Crippen molar-refractivity contribution >= 4 is 5.69 Å². The molecule has 0 aliphatic carbocycles. The van der Waals surface area contributed by atoms with Crippen molar-refractivity contribution in [2.24, 2.45) is 0 Å². The lowest BCUT2D eigenvalue weighted by atomic mass is 9.89. The number of fused-ring (bicyclic) bond motifs is 1. The minimum absolute atomic E-state index is 0.129. The van der Waals surface area contributed by atoms with E-state index in [0.717, 1.165) is 17.9 Å². The van der Waals surface area contributed by atoms with E-state index in [4.69, 9.17) is 10.5 Å². The average Bonchev–Trinajstić information content (AvgIpc) is 2.17. The van der Waals surface area contributed by atoms with Crippen LogP contribution in [0.2, 0.25) is 0 Å². The molecule has 1 heterocycles. The van der Waals surface area contributed by atoms with Crippen LogP contribution < -0.4 is 15.8 Å². The Bertz CT molecular complexity index is 413. The van der Waals surface area contributed by atoms with E-state index in [1.54, 1.807) is 0 Å². The monoisotopic (exact) mass is 234 g/mol. The van der Waals surface area contributed by atoms with E-state index in [1.165, 1.54) is 5.56 Å². The molecule has 1 atom stereocenters. The molecule has 0 spiro atoms. The van der Waals surface area contributed by atoms with Crippen molar-refractivity contribution < 1.29 is 4.74 Å². The SMILES string of the molecule is CC(C)NC1CC(C)(C)Oc2ccc(N)cc21. The number of hydrogen-bond donors (Lipinski definition) is 2. The Labute approximate surface area is 103 Å². The lowest BCUT2D eigenvalue weighted by Gasteiger charge is -2.38. The number of rotatable bonds is 2. The maximum Gasteiger partial charge on any atom is 0.125 e. The third kappa shape index (κ3) is 2.72. The quantitative estimate of drug-likeness (QED) is 0.773. The molecule has 3 nitrogen and oxygen atoms in total. The molecule has 1 aliphatic heterocycles. The first-order valence-electron chi connectivity index (χ1n) is 6.22. The summed E-state index contributed by atoms with van der Waals surface area (Å²) in [6.45, 7) is 8.57. The third-order valence-electron chi connectivity index (χ3n) is 3.03. The first-order valence-corrected chi connectivity index (χ1v) is 6.22.